The molecule has 0 saturated carbocycles. The van der Waals surface area contributed by atoms with E-state index >= 15 is 0 Å². The van der Waals surface area contributed by atoms with E-state index in [4.69, 9.17) is 9.47 Å². The van der Waals surface area contributed by atoms with Gasteiger partial charge in [-0.15, -0.1) is 24.0 Å². The summed E-state index contributed by atoms with van der Waals surface area (Å²) in [6.45, 7) is 3.19. The van der Waals surface area contributed by atoms with Crippen LogP contribution in [0.25, 0.3) is 0 Å². The molecule has 0 bridgehead atoms. The maximum absolute atomic E-state index is 13.7. The number of hydrogen-bond acceptors (Lipinski definition) is 3. The van der Waals surface area contributed by atoms with Crippen molar-refractivity contribution in [3.05, 3.63) is 71.0 Å². The molecule has 1 saturated heterocycles. The molecule has 1 heterocycles. The normalized spacial score (nSPS) is 14.9. The molecule has 0 aromatic heterocycles. The number of guanidine groups is 1. The smallest absolute Gasteiger partial charge is 0.191 e. The highest BCUT2D eigenvalue weighted by Gasteiger charge is 2.14. The molecule has 0 spiro atoms. The van der Waals surface area contributed by atoms with Crippen molar-refractivity contribution in [2.24, 2.45) is 4.99 Å². The molecule has 2 aromatic rings. The van der Waals surface area contributed by atoms with Gasteiger partial charge >= 0.3 is 0 Å². The third kappa shape index (κ3) is 7.91. The maximum atomic E-state index is 13.7. The first-order valence-corrected chi connectivity index (χ1v) is 9.69. The van der Waals surface area contributed by atoms with Crippen LogP contribution in [-0.2, 0) is 29.2 Å². The van der Waals surface area contributed by atoms with Crippen LogP contribution in [0.15, 0.2) is 53.5 Å². The Morgan fingerprint density at radius 1 is 1.07 bits per heavy atom. The highest BCUT2D eigenvalue weighted by molar-refractivity contribution is 14.0. The lowest BCUT2D eigenvalue weighted by molar-refractivity contribution is -0.0390. The largest absolute Gasteiger partial charge is 0.381 e. The van der Waals surface area contributed by atoms with Crippen molar-refractivity contribution < 1.29 is 13.9 Å². The molecule has 1 fully saturated rings. The number of halogens is 2. The predicted octanol–water partition coefficient (Wildman–Crippen LogP) is 4.00. The van der Waals surface area contributed by atoms with Gasteiger partial charge < -0.3 is 20.1 Å². The third-order valence-corrected chi connectivity index (χ3v) is 4.73. The summed E-state index contributed by atoms with van der Waals surface area (Å²) in [4.78, 5) is 4.20. The minimum Gasteiger partial charge on any atom is -0.381 e. The molecule has 7 heteroatoms. The molecule has 3 rings (SSSR count). The van der Waals surface area contributed by atoms with E-state index in [0.29, 0.717) is 31.2 Å². The Balaban J connectivity index is 0.00000300. The molecule has 0 amide bonds. The second-order valence-electron chi connectivity index (χ2n) is 6.81. The Morgan fingerprint density at radius 2 is 1.79 bits per heavy atom. The average molecular weight is 513 g/mol. The number of nitrogens with one attached hydrogen (secondary N) is 2. The second kappa shape index (κ2) is 12.8. The predicted molar refractivity (Wildman–Crippen MR) is 124 cm³/mol. The van der Waals surface area contributed by atoms with Crippen LogP contribution in [0.1, 0.15) is 29.5 Å². The van der Waals surface area contributed by atoms with Gasteiger partial charge in [0, 0.05) is 38.9 Å². The molecule has 0 unspecified atom stereocenters. The van der Waals surface area contributed by atoms with Gasteiger partial charge in [-0.3, -0.25) is 4.99 Å². The second-order valence-corrected chi connectivity index (χ2v) is 6.81. The molecule has 2 N–H and O–H groups in total. The molecule has 1 aliphatic rings. The lowest BCUT2D eigenvalue weighted by Gasteiger charge is -2.22. The van der Waals surface area contributed by atoms with Gasteiger partial charge in [-0.1, -0.05) is 42.5 Å². The first-order chi connectivity index (χ1) is 13.7. The third-order valence-electron chi connectivity index (χ3n) is 4.73. The molecule has 0 atom stereocenters. The van der Waals surface area contributed by atoms with Crippen LogP contribution >= 0.6 is 24.0 Å². The van der Waals surface area contributed by atoms with Crippen LogP contribution in [0.2, 0.25) is 0 Å². The highest BCUT2D eigenvalue weighted by atomic mass is 127. The molecular formula is C22H29FIN3O2. The quantitative estimate of drug-likeness (QED) is 0.334. The van der Waals surface area contributed by atoms with Crippen molar-refractivity contribution in [1.29, 1.82) is 0 Å². The van der Waals surface area contributed by atoms with E-state index < -0.39 is 0 Å². The van der Waals surface area contributed by atoms with Crippen LogP contribution in [0.3, 0.4) is 0 Å². The summed E-state index contributed by atoms with van der Waals surface area (Å²) in [6.07, 6.45) is 2.22. The summed E-state index contributed by atoms with van der Waals surface area (Å²) >= 11 is 0. The van der Waals surface area contributed by atoms with E-state index in [9.17, 15) is 4.39 Å². The Hall–Kier alpha value is -1.71. The van der Waals surface area contributed by atoms with Crippen molar-refractivity contribution in [2.45, 2.75) is 38.6 Å². The molecule has 2 aromatic carbocycles. The summed E-state index contributed by atoms with van der Waals surface area (Å²) in [6, 6.07) is 15.0. The van der Waals surface area contributed by atoms with E-state index in [2.05, 4.69) is 33.8 Å². The van der Waals surface area contributed by atoms with Gasteiger partial charge in [0.2, 0.25) is 0 Å². The summed E-state index contributed by atoms with van der Waals surface area (Å²) in [5.41, 5.74) is 2.90. The molecule has 158 valence electrons. The summed E-state index contributed by atoms with van der Waals surface area (Å²) in [5.74, 6) is 0.412. The van der Waals surface area contributed by atoms with Gasteiger partial charge in [-0.05, 0) is 30.0 Å². The monoisotopic (exact) mass is 513 g/mol. The van der Waals surface area contributed by atoms with E-state index in [0.717, 1.165) is 37.2 Å². The van der Waals surface area contributed by atoms with Gasteiger partial charge in [0.05, 0.1) is 12.7 Å². The number of nitrogens with zero attached hydrogens (tertiary/aromatic N) is 1. The zero-order chi connectivity index (χ0) is 19.6. The molecule has 29 heavy (non-hydrogen) atoms. The fourth-order valence-corrected chi connectivity index (χ4v) is 3.11. The van der Waals surface area contributed by atoms with Gasteiger partial charge in [-0.2, -0.15) is 0 Å². The number of aliphatic imine (C=N–C) groups is 1. The summed E-state index contributed by atoms with van der Waals surface area (Å²) in [5, 5.41) is 6.41. The van der Waals surface area contributed by atoms with E-state index in [1.807, 2.05) is 12.1 Å². The van der Waals surface area contributed by atoms with E-state index in [1.165, 1.54) is 6.07 Å². The van der Waals surface area contributed by atoms with Crippen molar-refractivity contribution in [2.75, 3.05) is 20.3 Å². The lowest BCUT2D eigenvalue weighted by atomic mass is 10.1. The number of ether oxygens (including phenoxy) is 2. The standard InChI is InChI=1S/C22H28FN3O2.HI/c1-24-22(26-15-19-7-2-3-8-21(19)23)25-14-17-5-4-6-18(13-17)16-28-20-9-11-27-12-10-20;/h2-8,13,20H,9-12,14-16H2,1H3,(H2,24,25,26);1H. The van der Waals surface area contributed by atoms with Gasteiger partial charge in [0.1, 0.15) is 5.82 Å². The minimum absolute atomic E-state index is 0. The first kappa shape index (κ1) is 23.6. The van der Waals surface area contributed by atoms with Gasteiger partial charge in [-0.25, -0.2) is 4.39 Å². The van der Waals surface area contributed by atoms with Crippen molar-refractivity contribution in [3.8, 4) is 0 Å². The van der Waals surface area contributed by atoms with E-state index in [-0.39, 0.29) is 35.9 Å². The Bertz CT molecular complexity index is 782. The molecule has 1 aliphatic heterocycles. The van der Waals surface area contributed by atoms with Crippen LogP contribution in [0, 0.1) is 5.82 Å². The number of benzene rings is 2. The fraction of sp³-hybridized carbons (Fsp3) is 0.409. The Labute approximate surface area is 189 Å². The maximum Gasteiger partial charge on any atom is 0.191 e. The van der Waals surface area contributed by atoms with Crippen molar-refractivity contribution in [3.63, 3.8) is 0 Å². The van der Waals surface area contributed by atoms with Crippen LogP contribution < -0.4 is 10.6 Å². The molecule has 0 aliphatic carbocycles. The Morgan fingerprint density at radius 3 is 2.55 bits per heavy atom. The Kier molecular flexibility index (Phi) is 10.4. The van der Waals surface area contributed by atoms with E-state index in [1.54, 1.807) is 19.2 Å². The molecule has 0 radical (unpaired) electrons. The highest BCUT2D eigenvalue weighted by Crippen LogP contribution is 2.14. The van der Waals surface area contributed by atoms with Crippen LogP contribution in [0.4, 0.5) is 4.39 Å². The van der Waals surface area contributed by atoms with Gasteiger partial charge in [0.15, 0.2) is 5.96 Å². The molecule has 5 nitrogen and oxygen atoms in total. The topological polar surface area (TPSA) is 54.9 Å². The molecular weight excluding hydrogens is 484 g/mol. The SMILES string of the molecule is CN=C(NCc1cccc(COC2CCOCC2)c1)NCc1ccccc1F.I. The van der Waals surface area contributed by atoms with Crippen LogP contribution in [-0.4, -0.2) is 32.3 Å². The summed E-state index contributed by atoms with van der Waals surface area (Å²) in [7, 11) is 1.70. The van der Waals surface area contributed by atoms with Crippen molar-refractivity contribution in [1.82, 2.24) is 10.6 Å². The van der Waals surface area contributed by atoms with Gasteiger partial charge in [0.25, 0.3) is 0 Å². The van der Waals surface area contributed by atoms with Crippen LogP contribution in [0.5, 0.6) is 0 Å². The van der Waals surface area contributed by atoms with Crippen molar-refractivity contribution >= 4 is 29.9 Å². The minimum atomic E-state index is -0.220. The first-order valence-electron chi connectivity index (χ1n) is 9.69. The number of rotatable bonds is 7. The average Bonchev–Trinajstić information content (AvgIpc) is 2.74. The summed E-state index contributed by atoms with van der Waals surface area (Å²) < 4.78 is 25.1. The zero-order valence-electron chi connectivity index (χ0n) is 16.7. The lowest BCUT2D eigenvalue weighted by Crippen LogP contribution is -2.36. The number of hydrogen-bond donors (Lipinski definition) is 2. The fourth-order valence-electron chi connectivity index (χ4n) is 3.11. The zero-order valence-corrected chi connectivity index (χ0v) is 19.0.